The summed E-state index contributed by atoms with van der Waals surface area (Å²) in [4.78, 5) is 25.6. The molecule has 0 saturated heterocycles. The van der Waals surface area contributed by atoms with Gasteiger partial charge in [-0.25, -0.2) is 0 Å². The third-order valence-electron chi connectivity index (χ3n) is 4.18. The van der Waals surface area contributed by atoms with E-state index in [9.17, 15) is 9.59 Å². The molecule has 132 valence electrons. The minimum atomic E-state index is -0.0252. The Morgan fingerprint density at radius 1 is 0.960 bits per heavy atom. The molecular weight excluding hydrogens is 312 g/mol. The van der Waals surface area contributed by atoms with Crippen LogP contribution in [0.25, 0.3) is 0 Å². The molecule has 4 nitrogen and oxygen atoms in total. The van der Waals surface area contributed by atoms with Crippen LogP contribution >= 0.6 is 0 Å². The van der Waals surface area contributed by atoms with Gasteiger partial charge in [0.1, 0.15) is 0 Å². The Balaban J connectivity index is 1.80. The molecule has 0 aromatic heterocycles. The first-order valence-corrected chi connectivity index (χ1v) is 8.78. The molecule has 2 amide bonds. The number of hydrogen-bond acceptors (Lipinski definition) is 2. The van der Waals surface area contributed by atoms with Gasteiger partial charge in [-0.3, -0.25) is 9.59 Å². The van der Waals surface area contributed by atoms with Crippen LogP contribution in [-0.4, -0.2) is 24.9 Å². The molecular formula is C21H26N2O2. The number of anilines is 1. The largest absolute Gasteiger partial charge is 0.354 e. The van der Waals surface area contributed by atoms with Gasteiger partial charge >= 0.3 is 0 Å². The Morgan fingerprint density at radius 3 is 2.24 bits per heavy atom. The second kappa shape index (κ2) is 9.62. The van der Waals surface area contributed by atoms with Crippen molar-refractivity contribution in [2.75, 3.05) is 18.0 Å². The van der Waals surface area contributed by atoms with E-state index in [1.165, 1.54) is 5.56 Å². The molecule has 0 atom stereocenters. The smallest absolute Gasteiger partial charge is 0.223 e. The number of benzene rings is 2. The quantitative estimate of drug-likeness (QED) is 0.802. The number of hydrogen-bond donors (Lipinski definition) is 1. The highest BCUT2D eigenvalue weighted by Crippen LogP contribution is 2.15. The van der Waals surface area contributed by atoms with Gasteiger partial charge in [-0.1, -0.05) is 49.4 Å². The maximum atomic E-state index is 12.0. The van der Waals surface area contributed by atoms with Crippen LogP contribution in [0, 0.1) is 0 Å². The number of nitrogens with zero attached hydrogens (tertiary/aromatic N) is 1. The standard InChI is InChI=1S/C21H26N2O2/c1-3-18-9-12-20(13-10-18)23(17(2)24)16-15-22-21(25)14-11-19-7-5-4-6-8-19/h4-10,12-13H,3,11,14-16H2,1-2H3,(H,22,25). The number of aryl methyl sites for hydroxylation is 2. The molecule has 0 spiro atoms. The predicted octanol–water partition coefficient (Wildman–Crippen LogP) is 3.35. The van der Waals surface area contributed by atoms with E-state index in [1.807, 2.05) is 54.6 Å². The number of nitrogens with one attached hydrogen (secondary N) is 1. The van der Waals surface area contributed by atoms with E-state index in [-0.39, 0.29) is 11.8 Å². The molecule has 2 rings (SSSR count). The second-order valence-corrected chi connectivity index (χ2v) is 6.03. The maximum absolute atomic E-state index is 12.0. The number of amides is 2. The van der Waals surface area contributed by atoms with Gasteiger partial charge in [-0.2, -0.15) is 0 Å². The van der Waals surface area contributed by atoms with Crippen LogP contribution in [0.2, 0.25) is 0 Å². The summed E-state index contributed by atoms with van der Waals surface area (Å²) in [6.45, 7) is 4.56. The van der Waals surface area contributed by atoms with Crippen molar-refractivity contribution in [2.45, 2.75) is 33.1 Å². The number of carbonyl (C=O) groups is 2. The van der Waals surface area contributed by atoms with E-state index >= 15 is 0 Å². The minimum Gasteiger partial charge on any atom is -0.354 e. The molecule has 0 bridgehead atoms. The van der Waals surface area contributed by atoms with Crippen molar-refractivity contribution in [2.24, 2.45) is 0 Å². The van der Waals surface area contributed by atoms with Crippen molar-refractivity contribution in [3.8, 4) is 0 Å². The molecule has 4 heteroatoms. The van der Waals surface area contributed by atoms with Gasteiger partial charge in [0.25, 0.3) is 0 Å². The molecule has 0 heterocycles. The van der Waals surface area contributed by atoms with Gasteiger partial charge in [-0.15, -0.1) is 0 Å². The van der Waals surface area contributed by atoms with E-state index in [0.717, 1.165) is 24.1 Å². The summed E-state index contributed by atoms with van der Waals surface area (Å²) >= 11 is 0. The second-order valence-electron chi connectivity index (χ2n) is 6.03. The van der Waals surface area contributed by atoms with E-state index in [2.05, 4.69) is 12.2 Å². The Bertz CT molecular complexity index is 681. The number of carbonyl (C=O) groups excluding carboxylic acids is 2. The molecule has 0 saturated carbocycles. The van der Waals surface area contributed by atoms with Gasteiger partial charge in [0.2, 0.25) is 11.8 Å². The van der Waals surface area contributed by atoms with Gasteiger partial charge in [0.05, 0.1) is 0 Å². The maximum Gasteiger partial charge on any atom is 0.223 e. The zero-order valence-corrected chi connectivity index (χ0v) is 15.0. The summed E-state index contributed by atoms with van der Waals surface area (Å²) in [5.41, 5.74) is 3.25. The lowest BCUT2D eigenvalue weighted by Gasteiger charge is -2.21. The van der Waals surface area contributed by atoms with E-state index < -0.39 is 0 Å². The average molecular weight is 338 g/mol. The first kappa shape index (κ1) is 18.7. The van der Waals surface area contributed by atoms with Crippen molar-refractivity contribution in [3.05, 3.63) is 65.7 Å². The van der Waals surface area contributed by atoms with E-state index in [4.69, 9.17) is 0 Å². The molecule has 1 N–H and O–H groups in total. The molecule has 0 fully saturated rings. The van der Waals surface area contributed by atoms with E-state index in [1.54, 1.807) is 11.8 Å². The summed E-state index contributed by atoms with van der Waals surface area (Å²) in [6, 6.07) is 17.9. The van der Waals surface area contributed by atoms with E-state index in [0.29, 0.717) is 19.5 Å². The Morgan fingerprint density at radius 2 is 1.64 bits per heavy atom. The topological polar surface area (TPSA) is 49.4 Å². The first-order chi connectivity index (χ1) is 12.1. The van der Waals surface area contributed by atoms with Crippen LogP contribution in [0.5, 0.6) is 0 Å². The lowest BCUT2D eigenvalue weighted by atomic mass is 10.1. The van der Waals surface area contributed by atoms with Crippen LogP contribution in [0.3, 0.4) is 0 Å². The molecule has 0 aliphatic carbocycles. The third kappa shape index (κ3) is 6.07. The zero-order chi connectivity index (χ0) is 18.1. The molecule has 2 aromatic carbocycles. The van der Waals surface area contributed by atoms with Gasteiger partial charge < -0.3 is 10.2 Å². The Hall–Kier alpha value is -2.62. The minimum absolute atomic E-state index is 0.00804. The summed E-state index contributed by atoms with van der Waals surface area (Å²) in [5.74, 6) is -0.0172. The zero-order valence-electron chi connectivity index (χ0n) is 15.0. The summed E-state index contributed by atoms with van der Waals surface area (Å²) in [7, 11) is 0. The molecule has 0 unspecified atom stereocenters. The monoisotopic (exact) mass is 338 g/mol. The summed E-state index contributed by atoms with van der Waals surface area (Å²) < 4.78 is 0. The van der Waals surface area contributed by atoms with Crippen molar-refractivity contribution in [3.63, 3.8) is 0 Å². The van der Waals surface area contributed by atoms with Crippen LogP contribution < -0.4 is 10.2 Å². The summed E-state index contributed by atoms with van der Waals surface area (Å²) in [6.07, 6.45) is 2.15. The van der Waals surface area contributed by atoms with Crippen molar-refractivity contribution >= 4 is 17.5 Å². The third-order valence-corrected chi connectivity index (χ3v) is 4.18. The van der Waals surface area contributed by atoms with Gasteiger partial charge in [-0.05, 0) is 36.1 Å². The normalized spacial score (nSPS) is 10.3. The highest BCUT2D eigenvalue weighted by Gasteiger charge is 2.11. The molecule has 0 radical (unpaired) electrons. The Kier molecular flexibility index (Phi) is 7.20. The summed E-state index contributed by atoms with van der Waals surface area (Å²) in [5, 5.41) is 2.90. The van der Waals surface area contributed by atoms with Gasteiger partial charge in [0.15, 0.2) is 0 Å². The van der Waals surface area contributed by atoms with Crippen molar-refractivity contribution in [1.29, 1.82) is 0 Å². The molecule has 0 aliphatic heterocycles. The fraction of sp³-hybridized carbons (Fsp3) is 0.333. The van der Waals surface area contributed by atoms with Crippen LogP contribution in [0.15, 0.2) is 54.6 Å². The first-order valence-electron chi connectivity index (χ1n) is 8.78. The fourth-order valence-electron chi connectivity index (χ4n) is 2.68. The van der Waals surface area contributed by atoms with Gasteiger partial charge in [0, 0.05) is 32.1 Å². The lowest BCUT2D eigenvalue weighted by molar-refractivity contribution is -0.121. The van der Waals surface area contributed by atoms with Crippen molar-refractivity contribution < 1.29 is 9.59 Å². The van der Waals surface area contributed by atoms with Crippen LogP contribution in [0.4, 0.5) is 5.69 Å². The molecule has 0 aliphatic rings. The predicted molar refractivity (Wildman–Crippen MR) is 102 cm³/mol. The SMILES string of the molecule is CCc1ccc(N(CCNC(=O)CCc2ccccc2)C(C)=O)cc1. The van der Waals surface area contributed by atoms with Crippen LogP contribution in [-0.2, 0) is 22.4 Å². The highest BCUT2D eigenvalue weighted by molar-refractivity contribution is 5.91. The highest BCUT2D eigenvalue weighted by atomic mass is 16.2. The Labute approximate surface area is 149 Å². The fourth-order valence-corrected chi connectivity index (χ4v) is 2.68. The molecule has 25 heavy (non-hydrogen) atoms. The lowest BCUT2D eigenvalue weighted by Crippen LogP contribution is -2.37. The number of rotatable bonds is 8. The van der Waals surface area contributed by atoms with Crippen molar-refractivity contribution in [1.82, 2.24) is 5.32 Å². The molecule has 2 aromatic rings. The average Bonchev–Trinajstić information content (AvgIpc) is 2.64. The van der Waals surface area contributed by atoms with Crippen LogP contribution in [0.1, 0.15) is 31.4 Å².